The van der Waals surface area contributed by atoms with E-state index in [0.717, 1.165) is 22.9 Å². The van der Waals surface area contributed by atoms with E-state index < -0.39 is 0 Å². The Morgan fingerprint density at radius 3 is 2.81 bits per heavy atom. The van der Waals surface area contributed by atoms with Crippen molar-refractivity contribution in [1.82, 2.24) is 4.57 Å². The van der Waals surface area contributed by atoms with Gasteiger partial charge in [-0.05, 0) is 24.1 Å². The topological polar surface area (TPSA) is 48.0 Å². The van der Waals surface area contributed by atoms with E-state index in [0.29, 0.717) is 0 Å². The van der Waals surface area contributed by atoms with E-state index in [1.165, 1.54) is 0 Å². The third-order valence-corrected chi connectivity index (χ3v) is 3.09. The molecule has 0 aliphatic carbocycles. The fourth-order valence-electron chi connectivity index (χ4n) is 2.20. The molecule has 84 valence electrons. The molecule has 1 unspecified atom stereocenters. The second-order valence-electron chi connectivity index (χ2n) is 4.07. The predicted molar refractivity (Wildman–Crippen MR) is 65.1 cm³/mol. The number of fused-ring (bicyclic) bond motifs is 1. The normalized spacial score (nSPS) is 12.9. The molecule has 1 heterocycles. The van der Waals surface area contributed by atoms with Gasteiger partial charge in [0.1, 0.15) is 0 Å². The Labute approximate surface area is 94.9 Å². The number of carbonyl (C=O) groups is 1. The summed E-state index contributed by atoms with van der Waals surface area (Å²) in [6, 6.07) is 8.05. The predicted octanol–water partition coefficient (Wildman–Crippen LogP) is 2.16. The molecule has 3 nitrogen and oxygen atoms in total. The average molecular weight is 216 g/mol. The fraction of sp³-hybridized carbons (Fsp3) is 0.308. The molecule has 0 aliphatic rings. The van der Waals surface area contributed by atoms with Gasteiger partial charge in [0.15, 0.2) is 0 Å². The van der Waals surface area contributed by atoms with Crippen LogP contribution in [0.15, 0.2) is 30.5 Å². The van der Waals surface area contributed by atoms with Gasteiger partial charge in [0, 0.05) is 24.1 Å². The van der Waals surface area contributed by atoms with Crippen molar-refractivity contribution in [3.05, 3.63) is 36.0 Å². The second kappa shape index (κ2) is 4.00. The minimum Gasteiger partial charge on any atom is -0.369 e. The molecule has 1 atom stereocenters. The van der Waals surface area contributed by atoms with Crippen LogP contribution in [0.25, 0.3) is 10.9 Å². The third kappa shape index (κ3) is 1.58. The summed E-state index contributed by atoms with van der Waals surface area (Å²) in [4.78, 5) is 11.4. The number of hydrogen-bond donors (Lipinski definition) is 1. The highest BCUT2D eigenvalue weighted by atomic mass is 16.1. The van der Waals surface area contributed by atoms with Gasteiger partial charge in [0.2, 0.25) is 5.91 Å². The summed E-state index contributed by atoms with van der Waals surface area (Å²) in [7, 11) is 2.00. The third-order valence-electron chi connectivity index (χ3n) is 3.09. The van der Waals surface area contributed by atoms with E-state index >= 15 is 0 Å². The van der Waals surface area contributed by atoms with Crippen molar-refractivity contribution >= 4 is 16.8 Å². The van der Waals surface area contributed by atoms with Crippen molar-refractivity contribution in [3.8, 4) is 0 Å². The van der Waals surface area contributed by atoms with Crippen molar-refractivity contribution < 1.29 is 4.79 Å². The number of benzene rings is 1. The first kappa shape index (κ1) is 10.7. The van der Waals surface area contributed by atoms with Crippen LogP contribution in [0.4, 0.5) is 0 Å². The number of carbonyl (C=O) groups excluding carboxylic acids is 1. The minimum atomic E-state index is -0.251. The second-order valence-corrected chi connectivity index (χ2v) is 4.07. The maximum atomic E-state index is 11.4. The Hall–Kier alpha value is -1.77. The van der Waals surface area contributed by atoms with Crippen molar-refractivity contribution in [2.24, 2.45) is 12.8 Å². The average Bonchev–Trinajstić information content (AvgIpc) is 2.62. The molecule has 1 aromatic heterocycles. The maximum absolute atomic E-state index is 11.4. The molecular weight excluding hydrogens is 200 g/mol. The molecule has 0 bridgehead atoms. The number of rotatable bonds is 3. The molecule has 0 saturated carbocycles. The van der Waals surface area contributed by atoms with Gasteiger partial charge in [0.25, 0.3) is 0 Å². The Bertz CT molecular complexity index is 528. The van der Waals surface area contributed by atoms with Crippen LogP contribution < -0.4 is 5.73 Å². The van der Waals surface area contributed by atoms with Crippen LogP contribution >= 0.6 is 0 Å². The molecular formula is C13H16N2O. The van der Waals surface area contributed by atoms with Crippen LogP contribution in [0.1, 0.15) is 24.8 Å². The highest BCUT2D eigenvalue weighted by molar-refractivity contribution is 5.91. The zero-order valence-electron chi connectivity index (χ0n) is 9.60. The Balaban J connectivity index is 2.63. The minimum absolute atomic E-state index is 0.189. The quantitative estimate of drug-likeness (QED) is 0.839. The zero-order chi connectivity index (χ0) is 11.7. The summed E-state index contributed by atoms with van der Waals surface area (Å²) in [5.41, 5.74) is 7.60. The van der Waals surface area contributed by atoms with Crippen LogP contribution in [-0.2, 0) is 11.8 Å². The van der Waals surface area contributed by atoms with Crippen molar-refractivity contribution in [2.75, 3.05) is 0 Å². The first-order valence-electron chi connectivity index (χ1n) is 5.48. The molecule has 16 heavy (non-hydrogen) atoms. The van der Waals surface area contributed by atoms with Gasteiger partial charge < -0.3 is 10.3 Å². The number of aryl methyl sites for hydroxylation is 1. The van der Waals surface area contributed by atoms with E-state index in [9.17, 15) is 4.79 Å². The summed E-state index contributed by atoms with van der Waals surface area (Å²) in [6.07, 6.45) is 2.74. The lowest BCUT2D eigenvalue weighted by Crippen LogP contribution is -2.20. The van der Waals surface area contributed by atoms with Gasteiger partial charge in [-0.2, -0.15) is 0 Å². The first-order chi connectivity index (χ1) is 7.65. The molecule has 1 aromatic carbocycles. The van der Waals surface area contributed by atoms with Gasteiger partial charge in [-0.3, -0.25) is 4.79 Å². The summed E-state index contributed by atoms with van der Waals surface area (Å²) in [6.45, 7) is 1.98. The standard InChI is InChI=1S/C13H16N2O/c1-3-9(13(14)16)10-5-4-6-12-11(10)7-8-15(12)2/h4-9H,3H2,1-2H3,(H2,14,16). The van der Waals surface area contributed by atoms with Gasteiger partial charge in [-0.15, -0.1) is 0 Å². The monoisotopic (exact) mass is 216 g/mol. The van der Waals surface area contributed by atoms with Gasteiger partial charge in [-0.25, -0.2) is 0 Å². The number of hydrogen-bond acceptors (Lipinski definition) is 1. The van der Waals surface area contributed by atoms with E-state index in [2.05, 4.69) is 0 Å². The SMILES string of the molecule is CCC(C(N)=O)c1cccc2c1ccn2C. The maximum Gasteiger partial charge on any atom is 0.224 e. The van der Waals surface area contributed by atoms with Crippen LogP contribution in [0.3, 0.4) is 0 Å². The highest BCUT2D eigenvalue weighted by Gasteiger charge is 2.18. The molecule has 2 rings (SSSR count). The lowest BCUT2D eigenvalue weighted by atomic mass is 9.93. The summed E-state index contributed by atoms with van der Waals surface area (Å²) in [5, 5.41) is 1.12. The number of amides is 1. The number of nitrogens with zero attached hydrogens (tertiary/aromatic N) is 1. The Morgan fingerprint density at radius 2 is 2.19 bits per heavy atom. The lowest BCUT2D eigenvalue weighted by Gasteiger charge is -2.12. The molecule has 0 radical (unpaired) electrons. The van der Waals surface area contributed by atoms with Crippen LogP contribution in [0, 0.1) is 0 Å². The van der Waals surface area contributed by atoms with Crippen molar-refractivity contribution in [2.45, 2.75) is 19.3 Å². The fourth-order valence-corrected chi connectivity index (χ4v) is 2.20. The van der Waals surface area contributed by atoms with E-state index in [1.807, 2.05) is 49.0 Å². The van der Waals surface area contributed by atoms with Crippen molar-refractivity contribution in [3.63, 3.8) is 0 Å². The van der Waals surface area contributed by atoms with Crippen LogP contribution in [-0.4, -0.2) is 10.5 Å². The number of primary amides is 1. The Kier molecular flexibility index (Phi) is 2.69. The van der Waals surface area contributed by atoms with Crippen LogP contribution in [0.5, 0.6) is 0 Å². The molecule has 3 heteroatoms. The summed E-state index contributed by atoms with van der Waals surface area (Å²) < 4.78 is 2.05. The molecule has 0 spiro atoms. The van der Waals surface area contributed by atoms with E-state index in [-0.39, 0.29) is 11.8 Å². The number of aromatic nitrogens is 1. The zero-order valence-corrected chi connectivity index (χ0v) is 9.60. The largest absolute Gasteiger partial charge is 0.369 e. The van der Waals surface area contributed by atoms with Gasteiger partial charge in [-0.1, -0.05) is 19.1 Å². The highest BCUT2D eigenvalue weighted by Crippen LogP contribution is 2.28. The van der Waals surface area contributed by atoms with E-state index in [1.54, 1.807) is 0 Å². The lowest BCUT2D eigenvalue weighted by molar-refractivity contribution is -0.119. The summed E-state index contributed by atoms with van der Waals surface area (Å²) >= 11 is 0. The molecule has 0 aliphatic heterocycles. The van der Waals surface area contributed by atoms with E-state index in [4.69, 9.17) is 5.73 Å². The number of nitrogens with two attached hydrogens (primary N) is 1. The smallest absolute Gasteiger partial charge is 0.224 e. The molecule has 0 fully saturated rings. The molecule has 2 aromatic rings. The summed E-state index contributed by atoms with van der Waals surface area (Å²) in [5.74, 6) is -0.440. The molecule has 0 saturated heterocycles. The van der Waals surface area contributed by atoms with Crippen molar-refractivity contribution in [1.29, 1.82) is 0 Å². The van der Waals surface area contributed by atoms with Gasteiger partial charge >= 0.3 is 0 Å². The Morgan fingerprint density at radius 1 is 1.44 bits per heavy atom. The molecule has 2 N–H and O–H groups in total. The first-order valence-corrected chi connectivity index (χ1v) is 5.48. The van der Waals surface area contributed by atoms with Crippen LogP contribution in [0.2, 0.25) is 0 Å². The molecule has 1 amide bonds. The van der Waals surface area contributed by atoms with Gasteiger partial charge in [0.05, 0.1) is 5.92 Å².